The third-order valence-electron chi connectivity index (χ3n) is 8.02. The Morgan fingerprint density at radius 1 is 0.912 bits per heavy atom. The average molecular weight is 465 g/mol. The van der Waals surface area contributed by atoms with Gasteiger partial charge < -0.3 is 4.74 Å². The minimum atomic E-state index is -0.330. The van der Waals surface area contributed by atoms with Crippen LogP contribution in [0.2, 0.25) is 0 Å². The van der Waals surface area contributed by atoms with E-state index in [-0.39, 0.29) is 16.4 Å². The molecule has 0 saturated heterocycles. The minimum Gasteiger partial charge on any atom is -0.483 e. The molecular weight excluding hydrogens is 418 g/mol. The lowest BCUT2D eigenvalue weighted by molar-refractivity contribution is -0.712. The topological polar surface area (TPSA) is 32.5 Å². The number of hydrogen-bond acceptors (Lipinski definition) is 2. The van der Waals surface area contributed by atoms with Crippen molar-refractivity contribution in [2.24, 2.45) is 10.8 Å². The van der Waals surface area contributed by atoms with Crippen molar-refractivity contribution in [2.45, 2.75) is 118 Å². The van der Waals surface area contributed by atoms with E-state index in [1.807, 2.05) is 0 Å². The van der Waals surface area contributed by atoms with Crippen molar-refractivity contribution in [2.75, 3.05) is 0 Å². The molecule has 0 radical (unpaired) electrons. The van der Waals surface area contributed by atoms with Crippen LogP contribution in [0.3, 0.4) is 0 Å². The Hall–Kier alpha value is -2.03. The molecule has 1 aliphatic carbocycles. The number of fused-ring (bicyclic) bond motifs is 5. The molecular formula is C31H46NO2+. The third-order valence-corrected chi connectivity index (χ3v) is 8.02. The summed E-state index contributed by atoms with van der Waals surface area (Å²) in [5.41, 5.74) is 5.25. The fraction of sp³-hybridized carbons (Fsp3) is 0.645. The predicted molar refractivity (Wildman–Crippen MR) is 143 cm³/mol. The molecule has 186 valence electrons. The summed E-state index contributed by atoms with van der Waals surface area (Å²) < 4.78 is 7.84. The van der Waals surface area contributed by atoms with Gasteiger partial charge in [-0.15, -0.1) is 0 Å². The highest BCUT2D eigenvalue weighted by molar-refractivity contribution is 6.28. The summed E-state index contributed by atoms with van der Waals surface area (Å²) in [6.07, 6.45) is 20.2. The van der Waals surface area contributed by atoms with Crippen LogP contribution in [0.1, 0.15) is 123 Å². The summed E-state index contributed by atoms with van der Waals surface area (Å²) >= 11 is 0. The Kier molecular flexibility index (Phi) is 7.04. The number of unbranched alkanes of at least 4 members (excludes halogenated alkanes) is 6. The van der Waals surface area contributed by atoms with Crippen molar-refractivity contribution in [3.8, 4) is 5.75 Å². The molecule has 3 nitrogen and oxygen atoms in total. The van der Waals surface area contributed by atoms with Gasteiger partial charge in [0.25, 0.3) is 5.69 Å². The molecule has 3 aliphatic rings. The normalized spacial score (nSPS) is 20.9. The maximum absolute atomic E-state index is 11.8. The molecule has 0 atom stereocenters. The first kappa shape index (κ1) is 25.1. The van der Waals surface area contributed by atoms with Crippen LogP contribution in [0.5, 0.6) is 5.75 Å². The first-order valence-electron chi connectivity index (χ1n) is 13.8. The number of allylic oxidation sites excluding steroid dienone is 2. The van der Waals surface area contributed by atoms with Crippen molar-refractivity contribution in [1.29, 1.82) is 0 Å². The molecule has 0 amide bonds. The molecule has 34 heavy (non-hydrogen) atoms. The van der Waals surface area contributed by atoms with Crippen LogP contribution in [0.4, 0.5) is 5.69 Å². The van der Waals surface area contributed by atoms with E-state index in [2.05, 4.69) is 71.9 Å². The number of rotatable bonds is 10. The quantitative estimate of drug-likeness (QED) is 0.213. The van der Waals surface area contributed by atoms with Crippen LogP contribution < -0.4 is 4.74 Å². The van der Waals surface area contributed by atoms with E-state index in [0.717, 1.165) is 47.5 Å². The van der Waals surface area contributed by atoms with Crippen molar-refractivity contribution in [1.82, 2.24) is 0 Å². The first-order valence-corrected chi connectivity index (χ1v) is 13.8. The summed E-state index contributed by atoms with van der Waals surface area (Å²) in [5.74, 6) is 0.862. The van der Waals surface area contributed by atoms with Gasteiger partial charge in [-0.3, -0.25) is 5.21 Å². The lowest BCUT2D eigenvalue weighted by atomic mass is 9.59. The zero-order chi connectivity index (χ0) is 24.6. The van der Waals surface area contributed by atoms with Gasteiger partial charge in [-0.2, -0.15) is 0 Å². The van der Waals surface area contributed by atoms with E-state index >= 15 is 0 Å². The Labute approximate surface area is 207 Å². The highest BCUT2D eigenvalue weighted by atomic mass is 16.5. The maximum Gasteiger partial charge on any atom is 0.276 e. The van der Waals surface area contributed by atoms with Crippen LogP contribution in [0.15, 0.2) is 24.3 Å². The Bertz CT molecular complexity index is 997. The van der Waals surface area contributed by atoms with Gasteiger partial charge >= 0.3 is 0 Å². The van der Waals surface area contributed by atoms with E-state index in [1.54, 1.807) is 4.74 Å². The van der Waals surface area contributed by atoms with Crippen LogP contribution in [0.25, 0.3) is 11.6 Å². The molecule has 3 heteroatoms. The molecule has 4 rings (SSSR count). The van der Waals surface area contributed by atoms with Gasteiger partial charge in [-0.1, -0.05) is 85.1 Å². The van der Waals surface area contributed by atoms with E-state index in [9.17, 15) is 5.21 Å². The Balaban J connectivity index is 1.81. The van der Waals surface area contributed by atoms with Gasteiger partial charge in [0.05, 0.1) is 22.1 Å². The van der Waals surface area contributed by atoms with Crippen LogP contribution in [-0.2, 0) is 0 Å². The van der Waals surface area contributed by atoms with Gasteiger partial charge in [0.2, 0.25) is 5.71 Å². The van der Waals surface area contributed by atoms with E-state index in [1.165, 1.54) is 56.9 Å². The number of benzene rings is 1. The highest BCUT2D eigenvalue weighted by Crippen LogP contribution is 2.56. The molecule has 0 fully saturated rings. The van der Waals surface area contributed by atoms with Gasteiger partial charge in [0.1, 0.15) is 11.4 Å². The van der Waals surface area contributed by atoms with Crippen molar-refractivity contribution in [3.63, 3.8) is 0 Å². The minimum absolute atomic E-state index is 0.00816. The monoisotopic (exact) mass is 464 g/mol. The molecule has 1 aromatic rings. The molecule has 0 saturated carbocycles. The zero-order valence-electron chi connectivity index (χ0n) is 22.5. The summed E-state index contributed by atoms with van der Waals surface area (Å²) in [5, 5.41) is 11.8. The standard InChI is InChI=1S/C31H46NO2/c1-7-9-11-13-18-31(19-14-12-10-8-2)22-29(3,4)21-25-23-15-16-26-24(17-20-30(5,6)34-26)27(23)32(33)28(25)31/h15-17,20-21,33H,7-14,18-19,22H2,1-6H3/q+1. The fourth-order valence-corrected chi connectivity index (χ4v) is 6.61. The third kappa shape index (κ3) is 4.72. The van der Waals surface area contributed by atoms with Crippen LogP contribution in [-0.4, -0.2) is 21.3 Å². The lowest BCUT2D eigenvalue weighted by Gasteiger charge is -2.41. The number of nitrogens with zero attached hydrogens (tertiary/aromatic N) is 1. The zero-order valence-corrected chi connectivity index (χ0v) is 22.5. The van der Waals surface area contributed by atoms with Crippen molar-refractivity contribution >= 4 is 23.0 Å². The highest BCUT2D eigenvalue weighted by Gasteiger charge is 2.55. The molecule has 2 aliphatic heterocycles. The number of hydrogen-bond donors (Lipinski definition) is 1. The molecule has 1 N–H and O–H groups in total. The van der Waals surface area contributed by atoms with Crippen molar-refractivity contribution in [3.05, 3.63) is 35.4 Å². The maximum atomic E-state index is 11.8. The first-order chi connectivity index (χ1) is 16.1. The van der Waals surface area contributed by atoms with E-state index in [4.69, 9.17) is 4.74 Å². The second-order valence-corrected chi connectivity index (χ2v) is 12.2. The Morgan fingerprint density at radius 3 is 2.18 bits per heavy atom. The lowest BCUT2D eigenvalue weighted by Crippen LogP contribution is -2.42. The summed E-state index contributed by atoms with van der Waals surface area (Å²) in [4.78, 5) is 0. The molecule has 0 unspecified atom stereocenters. The molecule has 0 spiro atoms. The van der Waals surface area contributed by atoms with Gasteiger partial charge in [-0.25, -0.2) is 0 Å². The second-order valence-electron chi connectivity index (χ2n) is 12.2. The second kappa shape index (κ2) is 9.55. The van der Waals surface area contributed by atoms with E-state index < -0.39 is 0 Å². The molecule has 0 aromatic heterocycles. The Morgan fingerprint density at radius 2 is 1.56 bits per heavy atom. The van der Waals surface area contributed by atoms with Gasteiger partial charge in [-0.05, 0) is 62.8 Å². The summed E-state index contributed by atoms with van der Waals surface area (Å²) in [7, 11) is 0. The molecule has 2 heterocycles. The summed E-state index contributed by atoms with van der Waals surface area (Å²) in [6.45, 7) is 13.5. The van der Waals surface area contributed by atoms with Gasteiger partial charge in [0, 0.05) is 4.74 Å². The fourth-order valence-electron chi connectivity index (χ4n) is 6.61. The molecule has 0 bridgehead atoms. The predicted octanol–water partition coefficient (Wildman–Crippen LogP) is 9.10. The van der Waals surface area contributed by atoms with E-state index in [0.29, 0.717) is 0 Å². The summed E-state index contributed by atoms with van der Waals surface area (Å²) in [6, 6.07) is 4.27. The SMILES string of the molecule is CCCCCCC1(CCCCCC)CC(C)(C)C=C2C1=[N+](O)c1c2ccc2c1C=CC(C)(C)O2. The molecule has 1 aromatic carbocycles. The van der Waals surface area contributed by atoms with Crippen molar-refractivity contribution < 1.29 is 14.7 Å². The van der Waals surface area contributed by atoms with Crippen LogP contribution in [0, 0.1) is 10.8 Å². The van der Waals surface area contributed by atoms with Crippen LogP contribution >= 0.6 is 0 Å². The number of ether oxygens (including phenoxy) is 1. The largest absolute Gasteiger partial charge is 0.483 e. The average Bonchev–Trinajstić information content (AvgIpc) is 3.05. The van der Waals surface area contributed by atoms with Gasteiger partial charge in [0.15, 0.2) is 0 Å². The smallest absolute Gasteiger partial charge is 0.276 e.